The lowest BCUT2D eigenvalue weighted by molar-refractivity contribution is 0.0929. The van der Waals surface area contributed by atoms with Crippen molar-refractivity contribution in [3.8, 4) is 5.69 Å². The zero-order valence-corrected chi connectivity index (χ0v) is 14.5. The van der Waals surface area contributed by atoms with Crippen LogP contribution in [0.2, 0.25) is 5.02 Å². The number of hydrogen-bond acceptors (Lipinski definition) is 3. The van der Waals surface area contributed by atoms with Crippen molar-refractivity contribution in [2.45, 2.75) is 25.8 Å². The van der Waals surface area contributed by atoms with Gasteiger partial charge in [-0.1, -0.05) is 17.7 Å². The van der Waals surface area contributed by atoms with Crippen LogP contribution in [0.15, 0.2) is 30.5 Å². The first-order valence-electron chi connectivity index (χ1n) is 7.47. The predicted molar refractivity (Wildman–Crippen MR) is 93.9 cm³/mol. The summed E-state index contributed by atoms with van der Waals surface area (Å²) in [5, 5.41) is 11.4. The average Bonchev–Trinajstić information content (AvgIpc) is 2.90. The molecule has 1 saturated heterocycles. The van der Waals surface area contributed by atoms with E-state index in [1.54, 1.807) is 10.9 Å². The second kappa shape index (κ2) is 7.81. The smallest absolute Gasteiger partial charge is 0.254 e. The minimum absolute atomic E-state index is 0. The van der Waals surface area contributed by atoms with Gasteiger partial charge in [0.05, 0.1) is 23.1 Å². The van der Waals surface area contributed by atoms with Gasteiger partial charge in [-0.15, -0.1) is 12.4 Å². The Morgan fingerprint density at radius 1 is 1.39 bits per heavy atom. The standard InChI is InChI=1S/C16H19ClN4O.ClH/c1-11-15(16(22)20-13-5-7-18-8-6-13)10-19-21(11)14-4-2-3-12(17)9-14;/h2-4,9-10,13,18H,5-8H2,1H3,(H,20,22);1H. The molecule has 1 amide bonds. The van der Waals surface area contributed by atoms with Crippen LogP contribution in [-0.4, -0.2) is 34.8 Å². The number of benzene rings is 1. The van der Waals surface area contributed by atoms with Crippen LogP contribution >= 0.6 is 24.0 Å². The highest BCUT2D eigenvalue weighted by Crippen LogP contribution is 2.18. The van der Waals surface area contributed by atoms with E-state index in [0.717, 1.165) is 37.3 Å². The van der Waals surface area contributed by atoms with Crippen molar-refractivity contribution in [3.05, 3.63) is 46.7 Å². The minimum atomic E-state index is -0.0577. The molecule has 23 heavy (non-hydrogen) atoms. The molecule has 2 N–H and O–H groups in total. The summed E-state index contributed by atoms with van der Waals surface area (Å²) in [7, 11) is 0. The quantitative estimate of drug-likeness (QED) is 0.890. The third-order valence-corrected chi connectivity index (χ3v) is 4.22. The first-order chi connectivity index (χ1) is 10.6. The van der Waals surface area contributed by atoms with E-state index >= 15 is 0 Å². The van der Waals surface area contributed by atoms with Crippen LogP contribution in [0.1, 0.15) is 28.9 Å². The lowest BCUT2D eigenvalue weighted by atomic mass is 10.1. The van der Waals surface area contributed by atoms with Gasteiger partial charge in [0.1, 0.15) is 0 Å². The van der Waals surface area contributed by atoms with E-state index < -0.39 is 0 Å². The highest BCUT2D eigenvalue weighted by atomic mass is 35.5. The summed E-state index contributed by atoms with van der Waals surface area (Å²) in [5.41, 5.74) is 2.28. The number of halogens is 2. The number of piperidine rings is 1. The number of hydrogen-bond donors (Lipinski definition) is 2. The van der Waals surface area contributed by atoms with E-state index in [0.29, 0.717) is 10.6 Å². The number of aromatic nitrogens is 2. The van der Waals surface area contributed by atoms with Gasteiger partial charge in [-0.05, 0) is 51.1 Å². The summed E-state index contributed by atoms with van der Waals surface area (Å²) in [5.74, 6) is -0.0577. The van der Waals surface area contributed by atoms with E-state index in [1.165, 1.54) is 0 Å². The van der Waals surface area contributed by atoms with E-state index in [-0.39, 0.29) is 24.4 Å². The Labute approximate surface area is 146 Å². The lowest BCUT2D eigenvalue weighted by Gasteiger charge is -2.23. The molecular formula is C16H20Cl2N4O. The number of carbonyl (C=O) groups is 1. The number of nitrogens with zero attached hydrogens (tertiary/aromatic N) is 2. The first kappa shape index (κ1) is 17.8. The second-order valence-corrected chi connectivity index (χ2v) is 5.97. The molecule has 2 heterocycles. The van der Waals surface area contributed by atoms with Crippen LogP contribution < -0.4 is 10.6 Å². The van der Waals surface area contributed by atoms with Crippen LogP contribution in [0.3, 0.4) is 0 Å². The van der Waals surface area contributed by atoms with Crippen molar-refractivity contribution in [2.24, 2.45) is 0 Å². The van der Waals surface area contributed by atoms with Crippen LogP contribution in [-0.2, 0) is 0 Å². The Morgan fingerprint density at radius 3 is 2.83 bits per heavy atom. The van der Waals surface area contributed by atoms with E-state index in [2.05, 4.69) is 15.7 Å². The van der Waals surface area contributed by atoms with Gasteiger partial charge >= 0.3 is 0 Å². The maximum absolute atomic E-state index is 12.4. The molecule has 0 spiro atoms. The normalized spacial score (nSPS) is 15.0. The zero-order chi connectivity index (χ0) is 15.5. The topological polar surface area (TPSA) is 59.0 Å². The number of rotatable bonds is 3. The van der Waals surface area contributed by atoms with E-state index in [9.17, 15) is 4.79 Å². The summed E-state index contributed by atoms with van der Waals surface area (Å²) in [6.45, 7) is 3.79. The van der Waals surface area contributed by atoms with Crippen molar-refractivity contribution >= 4 is 29.9 Å². The van der Waals surface area contributed by atoms with Gasteiger partial charge in [0, 0.05) is 11.1 Å². The highest BCUT2D eigenvalue weighted by molar-refractivity contribution is 6.30. The Hall–Kier alpha value is -1.56. The van der Waals surface area contributed by atoms with E-state index in [1.807, 2.05) is 31.2 Å². The monoisotopic (exact) mass is 354 g/mol. The summed E-state index contributed by atoms with van der Waals surface area (Å²) in [4.78, 5) is 12.4. The fraction of sp³-hybridized carbons (Fsp3) is 0.375. The molecule has 5 nitrogen and oxygen atoms in total. The van der Waals surface area contributed by atoms with Gasteiger partial charge in [0.2, 0.25) is 0 Å². The summed E-state index contributed by atoms with van der Waals surface area (Å²) in [6.07, 6.45) is 3.55. The van der Waals surface area contributed by atoms with Crippen molar-refractivity contribution in [2.75, 3.05) is 13.1 Å². The van der Waals surface area contributed by atoms with Crippen LogP contribution in [0.5, 0.6) is 0 Å². The Bertz CT molecular complexity index is 680. The third-order valence-electron chi connectivity index (χ3n) is 3.98. The molecule has 0 saturated carbocycles. The van der Waals surface area contributed by atoms with Crippen LogP contribution in [0.25, 0.3) is 5.69 Å². The number of nitrogens with one attached hydrogen (secondary N) is 2. The summed E-state index contributed by atoms with van der Waals surface area (Å²) in [6, 6.07) is 7.67. The Balaban J connectivity index is 0.00000192. The molecule has 0 atom stereocenters. The highest BCUT2D eigenvalue weighted by Gasteiger charge is 2.20. The molecule has 1 aromatic carbocycles. The van der Waals surface area contributed by atoms with Gasteiger partial charge < -0.3 is 10.6 Å². The molecule has 1 aliphatic heterocycles. The fourth-order valence-corrected chi connectivity index (χ4v) is 2.91. The molecule has 0 unspecified atom stereocenters. The Kier molecular flexibility index (Phi) is 6.04. The van der Waals surface area contributed by atoms with Crippen molar-refractivity contribution in [1.29, 1.82) is 0 Å². The predicted octanol–water partition coefficient (Wildman–Crippen LogP) is 2.74. The fourth-order valence-electron chi connectivity index (χ4n) is 2.73. The zero-order valence-electron chi connectivity index (χ0n) is 12.9. The van der Waals surface area contributed by atoms with Gasteiger partial charge in [0.25, 0.3) is 5.91 Å². The molecule has 0 radical (unpaired) electrons. The second-order valence-electron chi connectivity index (χ2n) is 5.53. The van der Waals surface area contributed by atoms with Crippen molar-refractivity contribution < 1.29 is 4.79 Å². The first-order valence-corrected chi connectivity index (χ1v) is 7.85. The van der Waals surface area contributed by atoms with Gasteiger partial charge in [-0.3, -0.25) is 4.79 Å². The molecule has 2 aromatic rings. The average molecular weight is 355 g/mol. The summed E-state index contributed by atoms with van der Waals surface area (Å²) >= 11 is 6.02. The molecule has 1 aromatic heterocycles. The minimum Gasteiger partial charge on any atom is -0.349 e. The molecular weight excluding hydrogens is 335 g/mol. The molecule has 1 aliphatic rings. The van der Waals surface area contributed by atoms with Crippen molar-refractivity contribution in [1.82, 2.24) is 20.4 Å². The maximum atomic E-state index is 12.4. The van der Waals surface area contributed by atoms with Crippen LogP contribution in [0, 0.1) is 6.92 Å². The molecule has 7 heteroatoms. The molecule has 3 rings (SSSR count). The Morgan fingerprint density at radius 2 is 2.13 bits per heavy atom. The van der Waals surface area contributed by atoms with E-state index in [4.69, 9.17) is 11.6 Å². The molecule has 124 valence electrons. The van der Waals surface area contributed by atoms with Gasteiger partial charge in [-0.2, -0.15) is 5.10 Å². The summed E-state index contributed by atoms with van der Waals surface area (Å²) < 4.78 is 1.74. The maximum Gasteiger partial charge on any atom is 0.254 e. The van der Waals surface area contributed by atoms with Crippen LogP contribution in [0.4, 0.5) is 0 Å². The van der Waals surface area contributed by atoms with Gasteiger partial charge in [0.15, 0.2) is 0 Å². The molecule has 0 aliphatic carbocycles. The number of carbonyl (C=O) groups excluding carboxylic acids is 1. The number of amides is 1. The lowest BCUT2D eigenvalue weighted by Crippen LogP contribution is -2.42. The largest absolute Gasteiger partial charge is 0.349 e. The SMILES string of the molecule is Cc1c(C(=O)NC2CCNCC2)cnn1-c1cccc(Cl)c1.Cl. The van der Waals surface area contributed by atoms with Gasteiger partial charge in [-0.25, -0.2) is 4.68 Å². The molecule has 1 fully saturated rings. The molecule has 0 bridgehead atoms. The van der Waals surface area contributed by atoms with Crippen molar-refractivity contribution in [3.63, 3.8) is 0 Å². The third kappa shape index (κ3) is 4.05.